The van der Waals surface area contributed by atoms with Gasteiger partial charge in [0.25, 0.3) is 0 Å². The third kappa shape index (κ3) is 4.99. The molecule has 0 spiro atoms. The van der Waals surface area contributed by atoms with E-state index >= 15 is 0 Å². The lowest BCUT2D eigenvalue weighted by Crippen LogP contribution is -2.50. The van der Waals surface area contributed by atoms with Crippen molar-refractivity contribution in [1.29, 1.82) is 0 Å². The number of carbonyl (C=O) groups is 2. The molecular formula is C11H20N2O5. The van der Waals surface area contributed by atoms with Crippen molar-refractivity contribution in [2.75, 3.05) is 40.0 Å². The Bertz CT molecular complexity index is 297. The number of morpholine rings is 1. The molecule has 0 aromatic carbocycles. The maximum Gasteiger partial charge on any atom is 0.334 e. The lowest BCUT2D eigenvalue weighted by atomic mass is 10.2. The Morgan fingerprint density at radius 1 is 1.61 bits per heavy atom. The van der Waals surface area contributed by atoms with E-state index in [1.807, 2.05) is 6.92 Å². The van der Waals surface area contributed by atoms with Crippen LogP contribution in [-0.2, 0) is 19.1 Å². The van der Waals surface area contributed by atoms with Gasteiger partial charge in [-0.3, -0.25) is 9.69 Å². The molecule has 1 aliphatic heterocycles. The second-order valence-electron chi connectivity index (χ2n) is 4.36. The Morgan fingerprint density at radius 3 is 2.94 bits per heavy atom. The van der Waals surface area contributed by atoms with E-state index in [9.17, 15) is 9.59 Å². The number of nitrogens with one attached hydrogen (secondary N) is 1. The van der Waals surface area contributed by atoms with Crippen LogP contribution in [-0.4, -0.2) is 74.0 Å². The van der Waals surface area contributed by atoms with Crippen molar-refractivity contribution >= 4 is 11.9 Å². The monoisotopic (exact) mass is 260 g/mol. The first kappa shape index (κ1) is 14.9. The summed E-state index contributed by atoms with van der Waals surface area (Å²) in [5.41, 5.74) is 0. The van der Waals surface area contributed by atoms with Crippen molar-refractivity contribution in [1.82, 2.24) is 10.2 Å². The van der Waals surface area contributed by atoms with Gasteiger partial charge < -0.3 is 19.9 Å². The van der Waals surface area contributed by atoms with Gasteiger partial charge in [0.05, 0.1) is 19.8 Å². The van der Waals surface area contributed by atoms with Crippen LogP contribution in [0.3, 0.4) is 0 Å². The fourth-order valence-corrected chi connectivity index (χ4v) is 1.81. The number of carboxylic acid groups (broad SMARTS) is 1. The molecule has 1 fully saturated rings. The van der Waals surface area contributed by atoms with Crippen molar-refractivity contribution in [2.45, 2.75) is 19.1 Å². The Morgan fingerprint density at radius 2 is 2.33 bits per heavy atom. The normalized spacial score (nSPS) is 22.4. The van der Waals surface area contributed by atoms with E-state index in [1.165, 1.54) is 0 Å². The van der Waals surface area contributed by atoms with Gasteiger partial charge in [0, 0.05) is 26.2 Å². The van der Waals surface area contributed by atoms with Crippen LogP contribution in [0.1, 0.15) is 6.92 Å². The molecule has 2 atom stereocenters. The highest BCUT2D eigenvalue weighted by Gasteiger charge is 2.27. The Balaban J connectivity index is 2.33. The molecule has 0 aliphatic carbocycles. The predicted molar refractivity (Wildman–Crippen MR) is 63.3 cm³/mol. The van der Waals surface area contributed by atoms with E-state index in [-0.39, 0.29) is 25.0 Å². The summed E-state index contributed by atoms with van der Waals surface area (Å²) in [5.74, 6) is -1.13. The molecule has 0 radical (unpaired) electrons. The average Bonchev–Trinajstić information content (AvgIpc) is 2.29. The minimum Gasteiger partial charge on any atom is -0.479 e. The number of nitrogens with zero attached hydrogens (tertiary/aromatic N) is 1. The summed E-state index contributed by atoms with van der Waals surface area (Å²) < 4.78 is 9.99. The van der Waals surface area contributed by atoms with Crippen LogP contribution < -0.4 is 5.32 Å². The molecule has 0 aromatic heterocycles. The fraction of sp³-hybridized carbons (Fsp3) is 0.818. The molecule has 2 unspecified atom stereocenters. The quantitative estimate of drug-likeness (QED) is 0.632. The van der Waals surface area contributed by atoms with Crippen LogP contribution in [0.4, 0.5) is 0 Å². The van der Waals surface area contributed by atoms with Crippen molar-refractivity contribution in [3.8, 4) is 0 Å². The van der Waals surface area contributed by atoms with E-state index in [2.05, 4.69) is 5.32 Å². The van der Waals surface area contributed by atoms with Gasteiger partial charge in [-0.15, -0.1) is 0 Å². The zero-order valence-electron chi connectivity index (χ0n) is 10.7. The van der Waals surface area contributed by atoms with Crippen LogP contribution in [0.15, 0.2) is 0 Å². The molecule has 18 heavy (non-hydrogen) atoms. The third-order valence-corrected chi connectivity index (χ3v) is 2.62. The third-order valence-electron chi connectivity index (χ3n) is 2.62. The summed E-state index contributed by atoms with van der Waals surface area (Å²) >= 11 is 0. The van der Waals surface area contributed by atoms with Crippen molar-refractivity contribution in [2.24, 2.45) is 0 Å². The zero-order chi connectivity index (χ0) is 13.5. The molecular weight excluding hydrogens is 240 g/mol. The highest BCUT2D eigenvalue weighted by Crippen LogP contribution is 2.04. The predicted octanol–water partition coefficient (Wildman–Crippen LogP) is -1.08. The van der Waals surface area contributed by atoms with Gasteiger partial charge in [0.1, 0.15) is 0 Å². The molecule has 104 valence electrons. The second-order valence-corrected chi connectivity index (χ2v) is 4.36. The molecule has 7 nitrogen and oxygen atoms in total. The summed E-state index contributed by atoms with van der Waals surface area (Å²) in [6.45, 7) is 3.61. The van der Waals surface area contributed by atoms with Crippen LogP contribution in [0.25, 0.3) is 0 Å². The number of amides is 1. The van der Waals surface area contributed by atoms with Crippen LogP contribution in [0, 0.1) is 0 Å². The molecule has 1 heterocycles. The fourth-order valence-electron chi connectivity index (χ4n) is 1.81. The van der Waals surface area contributed by atoms with Gasteiger partial charge in [0.15, 0.2) is 6.10 Å². The number of rotatable bonds is 6. The molecule has 0 aromatic rings. The van der Waals surface area contributed by atoms with Crippen molar-refractivity contribution in [3.05, 3.63) is 0 Å². The lowest BCUT2D eigenvalue weighted by Gasteiger charge is -2.30. The maximum absolute atomic E-state index is 11.7. The van der Waals surface area contributed by atoms with E-state index < -0.39 is 12.1 Å². The minimum atomic E-state index is -0.993. The van der Waals surface area contributed by atoms with Gasteiger partial charge >= 0.3 is 5.97 Å². The first-order valence-corrected chi connectivity index (χ1v) is 5.88. The standard InChI is InChI=1S/C11H20N2O5/c1-8(7-17-2)12-10(14)6-13-3-4-18-9(5-13)11(15)16/h8-9H,3-7H2,1-2H3,(H,12,14)(H,15,16). The van der Waals surface area contributed by atoms with E-state index in [4.69, 9.17) is 14.6 Å². The topological polar surface area (TPSA) is 88.1 Å². The number of ether oxygens (including phenoxy) is 2. The molecule has 1 rings (SSSR count). The van der Waals surface area contributed by atoms with E-state index in [0.29, 0.717) is 19.8 Å². The average molecular weight is 260 g/mol. The first-order chi connectivity index (χ1) is 8.52. The largest absolute Gasteiger partial charge is 0.479 e. The maximum atomic E-state index is 11.7. The van der Waals surface area contributed by atoms with Gasteiger partial charge in [0.2, 0.25) is 5.91 Å². The first-order valence-electron chi connectivity index (χ1n) is 5.88. The molecule has 2 N–H and O–H groups in total. The zero-order valence-corrected chi connectivity index (χ0v) is 10.7. The van der Waals surface area contributed by atoms with Gasteiger partial charge in [-0.2, -0.15) is 0 Å². The molecule has 0 saturated carbocycles. The van der Waals surface area contributed by atoms with Crippen molar-refractivity contribution in [3.63, 3.8) is 0 Å². The summed E-state index contributed by atoms with van der Waals surface area (Å²) in [6.07, 6.45) is -0.844. The number of methoxy groups -OCH3 is 1. The second kappa shape index (κ2) is 7.30. The van der Waals surface area contributed by atoms with Crippen molar-refractivity contribution < 1.29 is 24.2 Å². The molecule has 7 heteroatoms. The molecule has 1 saturated heterocycles. The van der Waals surface area contributed by atoms with E-state index in [0.717, 1.165) is 0 Å². The highest BCUT2D eigenvalue weighted by atomic mass is 16.5. The SMILES string of the molecule is COCC(C)NC(=O)CN1CCOC(C(=O)O)C1. The summed E-state index contributed by atoms with van der Waals surface area (Å²) in [7, 11) is 1.57. The van der Waals surface area contributed by atoms with Crippen LogP contribution in [0.5, 0.6) is 0 Å². The van der Waals surface area contributed by atoms with Crippen LogP contribution >= 0.6 is 0 Å². The van der Waals surface area contributed by atoms with Gasteiger partial charge in [-0.1, -0.05) is 0 Å². The Hall–Kier alpha value is -1.18. The number of aliphatic carboxylic acids is 1. The number of carboxylic acids is 1. The van der Waals surface area contributed by atoms with Gasteiger partial charge in [-0.25, -0.2) is 4.79 Å². The molecule has 1 amide bonds. The van der Waals surface area contributed by atoms with E-state index in [1.54, 1.807) is 12.0 Å². The highest BCUT2D eigenvalue weighted by molar-refractivity contribution is 5.78. The number of hydrogen-bond acceptors (Lipinski definition) is 5. The Kier molecular flexibility index (Phi) is 6.03. The summed E-state index contributed by atoms with van der Waals surface area (Å²) in [6, 6.07) is -0.0567. The minimum absolute atomic E-state index is 0.0567. The van der Waals surface area contributed by atoms with Gasteiger partial charge in [-0.05, 0) is 6.92 Å². The molecule has 0 bridgehead atoms. The summed E-state index contributed by atoms with van der Waals surface area (Å²) in [4.78, 5) is 24.2. The lowest BCUT2D eigenvalue weighted by molar-refractivity contribution is -0.156. The smallest absolute Gasteiger partial charge is 0.334 e. The number of hydrogen-bond donors (Lipinski definition) is 2. The summed E-state index contributed by atoms with van der Waals surface area (Å²) in [5, 5.41) is 11.6. The molecule has 1 aliphatic rings. The van der Waals surface area contributed by atoms with Crippen LogP contribution in [0.2, 0.25) is 0 Å². The Labute approximate surface area is 106 Å². The number of carbonyl (C=O) groups excluding carboxylic acids is 1.